The van der Waals surface area contributed by atoms with E-state index in [1.165, 1.54) is 43.5 Å². The molecular formula is C19H15F4N5O2. The maximum atomic E-state index is 15.1. The van der Waals surface area contributed by atoms with Gasteiger partial charge in [0.05, 0.1) is 16.8 Å². The molecule has 0 fully saturated rings. The van der Waals surface area contributed by atoms with Crippen molar-refractivity contribution in [1.29, 1.82) is 5.26 Å². The number of anilines is 1. The highest BCUT2D eigenvalue weighted by Crippen LogP contribution is 2.41. The number of hydrogen-bond donors (Lipinski definition) is 2. The number of ether oxygens (including phenoxy) is 1. The number of hydrogen-bond acceptors (Lipinski definition) is 6. The molecule has 1 aromatic carbocycles. The second-order valence-corrected chi connectivity index (χ2v) is 6.74. The number of nitrogens with two attached hydrogens (primary N) is 1. The molecule has 0 radical (unpaired) electrons. The zero-order valence-electron chi connectivity index (χ0n) is 15.5. The maximum absolute atomic E-state index is 15.1. The van der Waals surface area contributed by atoms with Crippen molar-refractivity contribution in [1.82, 2.24) is 4.98 Å². The number of nitrogens with one attached hydrogen (secondary N) is 1. The van der Waals surface area contributed by atoms with E-state index in [4.69, 9.17) is 11.0 Å². The SMILES string of the molecule is C[C@@]1(c2cccc(NC(=O)c3ccc(C#N)cn3)c2F)C[C@@H](C(F)(F)F)OC(N)=N1. The van der Waals surface area contributed by atoms with E-state index in [2.05, 4.69) is 20.0 Å². The maximum Gasteiger partial charge on any atom is 0.425 e. The first-order valence-corrected chi connectivity index (χ1v) is 8.59. The van der Waals surface area contributed by atoms with Gasteiger partial charge in [0, 0.05) is 18.2 Å². The molecule has 1 amide bonds. The summed E-state index contributed by atoms with van der Waals surface area (Å²) in [4.78, 5) is 20.0. The van der Waals surface area contributed by atoms with Crippen molar-refractivity contribution < 1.29 is 27.1 Å². The molecule has 3 rings (SSSR count). The minimum Gasteiger partial charge on any atom is -0.452 e. The van der Waals surface area contributed by atoms with E-state index in [-0.39, 0.29) is 22.5 Å². The van der Waals surface area contributed by atoms with Crippen molar-refractivity contribution >= 4 is 17.6 Å². The number of nitriles is 1. The van der Waals surface area contributed by atoms with Crippen molar-refractivity contribution in [3.05, 3.63) is 59.2 Å². The summed E-state index contributed by atoms with van der Waals surface area (Å²) in [5, 5.41) is 11.1. The van der Waals surface area contributed by atoms with Crippen molar-refractivity contribution in [2.75, 3.05) is 5.32 Å². The molecule has 156 valence electrons. The van der Waals surface area contributed by atoms with E-state index in [0.29, 0.717) is 0 Å². The van der Waals surface area contributed by atoms with E-state index in [1.54, 1.807) is 0 Å². The molecule has 1 aliphatic heterocycles. The summed E-state index contributed by atoms with van der Waals surface area (Å²) in [6, 6.07) is 7.68. The molecule has 0 unspecified atom stereocenters. The first-order valence-electron chi connectivity index (χ1n) is 8.59. The summed E-state index contributed by atoms with van der Waals surface area (Å²) in [7, 11) is 0. The highest BCUT2D eigenvalue weighted by molar-refractivity contribution is 6.03. The summed E-state index contributed by atoms with van der Waals surface area (Å²) < 4.78 is 59.2. The van der Waals surface area contributed by atoms with Gasteiger partial charge in [-0.3, -0.25) is 4.79 Å². The van der Waals surface area contributed by atoms with E-state index in [9.17, 15) is 18.0 Å². The lowest BCUT2D eigenvalue weighted by molar-refractivity contribution is -0.208. The van der Waals surface area contributed by atoms with Crippen molar-refractivity contribution in [2.24, 2.45) is 10.7 Å². The van der Waals surface area contributed by atoms with Crippen LogP contribution in [0.3, 0.4) is 0 Å². The van der Waals surface area contributed by atoms with Gasteiger partial charge in [0.15, 0.2) is 11.9 Å². The van der Waals surface area contributed by atoms with Gasteiger partial charge in [-0.1, -0.05) is 12.1 Å². The number of carbonyl (C=O) groups excluding carboxylic acids is 1. The summed E-state index contributed by atoms with van der Waals surface area (Å²) in [6.07, 6.45) is -6.48. The second kappa shape index (κ2) is 7.62. The first kappa shape index (κ1) is 21.0. The molecule has 0 aliphatic carbocycles. The molecular weight excluding hydrogens is 406 g/mol. The van der Waals surface area contributed by atoms with Gasteiger partial charge in [-0.05, 0) is 25.1 Å². The lowest BCUT2D eigenvalue weighted by Crippen LogP contribution is -2.46. The number of pyridine rings is 1. The molecule has 7 nitrogen and oxygen atoms in total. The number of halogens is 4. The second-order valence-electron chi connectivity index (χ2n) is 6.74. The summed E-state index contributed by atoms with van der Waals surface area (Å²) in [5.41, 5.74) is 3.45. The minimum absolute atomic E-state index is 0.0736. The Morgan fingerprint density at radius 3 is 2.70 bits per heavy atom. The topological polar surface area (TPSA) is 113 Å². The van der Waals surface area contributed by atoms with Crippen molar-refractivity contribution in [2.45, 2.75) is 31.2 Å². The highest BCUT2D eigenvalue weighted by Gasteiger charge is 2.50. The van der Waals surface area contributed by atoms with Gasteiger partial charge in [-0.15, -0.1) is 0 Å². The van der Waals surface area contributed by atoms with Crippen LogP contribution in [-0.4, -0.2) is 29.2 Å². The van der Waals surface area contributed by atoms with Crippen LogP contribution in [0.1, 0.15) is 35.0 Å². The molecule has 30 heavy (non-hydrogen) atoms. The number of benzene rings is 1. The van der Waals surface area contributed by atoms with Crippen LogP contribution in [-0.2, 0) is 10.3 Å². The van der Waals surface area contributed by atoms with Gasteiger partial charge >= 0.3 is 6.18 Å². The fraction of sp³-hybridized carbons (Fsp3) is 0.263. The lowest BCUT2D eigenvalue weighted by atomic mass is 9.85. The number of aromatic nitrogens is 1. The molecule has 2 aromatic rings. The number of nitrogens with zero attached hydrogens (tertiary/aromatic N) is 3. The van der Waals surface area contributed by atoms with E-state index < -0.39 is 42.0 Å². The fourth-order valence-electron chi connectivity index (χ4n) is 3.04. The van der Waals surface area contributed by atoms with E-state index in [1.807, 2.05) is 6.07 Å². The fourth-order valence-corrected chi connectivity index (χ4v) is 3.04. The lowest BCUT2D eigenvalue weighted by Gasteiger charge is -2.36. The van der Waals surface area contributed by atoms with Crippen LogP contribution in [0.4, 0.5) is 23.2 Å². The van der Waals surface area contributed by atoms with Gasteiger partial charge in [0.1, 0.15) is 11.8 Å². The van der Waals surface area contributed by atoms with E-state index in [0.717, 1.165) is 0 Å². The summed E-state index contributed by atoms with van der Waals surface area (Å²) >= 11 is 0. The van der Waals surface area contributed by atoms with Crippen LogP contribution >= 0.6 is 0 Å². The largest absolute Gasteiger partial charge is 0.452 e. The molecule has 2 atom stereocenters. The quantitative estimate of drug-likeness (QED) is 0.739. The van der Waals surface area contributed by atoms with Gasteiger partial charge in [-0.25, -0.2) is 14.4 Å². The van der Waals surface area contributed by atoms with Crippen molar-refractivity contribution in [3.63, 3.8) is 0 Å². The number of amidine groups is 1. The number of alkyl halides is 3. The third kappa shape index (κ3) is 4.17. The molecule has 0 saturated heterocycles. The molecule has 0 bridgehead atoms. The summed E-state index contributed by atoms with van der Waals surface area (Å²) in [5.74, 6) is -1.72. The molecule has 1 aliphatic rings. The Balaban J connectivity index is 1.91. The Labute approximate surface area is 168 Å². The molecule has 3 N–H and O–H groups in total. The number of rotatable bonds is 3. The Morgan fingerprint density at radius 2 is 2.10 bits per heavy atom. The Bertz CT molecular complexity index is 1050. The Hall–Kier alpha value is -3.68. The monoisotopic (exact) mass is 421 g/mol. The third-order valence-electron chi connectivity index (χ3n) is 4.52. The molecule has 1 aromatic heterocycles. The first-order chi connectivity index (χ1) is 14.0. The van der Waals surface area contributed by atoms with Crippen LogP contribution in [0.25, 0.3) is 0 Å². The van der Waals surface area contributed by atoms with Gasteiger partial charge in [0.2, 0.25) is 0 Å². The summed E-state index contributed by atoms with van der Waals surface area (Å²) in [6.45, 7) is 1.30. The van der Waals surface area contributed by atoms with Gasteiger partial charge in [-0.2, -0.15) is 18.4 Å². The zero-order valence-corrected chi connectivity index (χ0v) is 15.5. The number of carbonyl (C=O) groups is 1. The number of aliphatic imine (C=N–C) groups is 1. The smallest absolute Gasteiger partial charge is 0.425 e. The Morgan fingerprint density at radius 1 is 1.37 bits per heavy atom. The number of amides is 1. The molecule has 11 heteroatoms. The predicted octanol–water partition coefficient (Wildman–Crippen LogP) is 3.23. The van der Waals surface area contributed by atoms with Crippen LogP contribution in [0.2, 0.25) is 0 Å². The average molecular weight is 421 g/mol. The molecule has 0 spiro atoms. The normalized spacial score (nSPS) is 21.2. The van der Waals surface area contributed by atoms with Crippen LogP contribution in [0.15, 0.2) is 41.5 Å². The minimum atomic E-state index is -4.72. The standard InChI is InChI=1S/C19H15F4N5O2/c1-18(7-14(19(21,22)23)30-17(25)28-18)11-3-2-4-12(15(11)20)27-16(29)13-6-5-10(8-24)9-26-13/h2-6,9,14H,7H2,1H3,(H2,25,28)(H,27,29)/t14-,18-/m0/s1. The van der Waals surface area contributed by atoms with Gasteiger partial charge in [0.25, 0.3) is 11.9 Å². The Kier molecular flexibility index (Phi) is 5.35. The van der Waals surface area contributed by atoms with E-state index >= 15 is 4.39 Å². The van der Waals surface area contributed by atoms with Crippen LogP contribution in [0.5, 0.6) is 0 Å². The van der Waals surface area contributed by atoms with Crippen molar-refractivity contribution in [3.8, 4) is 6.07 Å². The highest BCUT2D eigenvalue weighted by atomic mass is 19.4. The van der Waals surface area contributed by atoms with Crippen LogP contribution < -0.4 is 11.1 Å². The third-order valence-corrected chi connectivity index (χ3v) is 4.52. The van der Waals surface area contributed by atoms with Gasteiger partial charge < -0.3 is 15.8 Å². The molecule has 2 heterocycles. The average Bonchev–Trinajstić information content (AvgIpc) is 2.68. The van der Waals surface area contributed by atoms with Crippen LogP contribution in [0, 0.1) is 17.1 Å². The molecule has 0 saturated carbocycles. The zero-order chi connectivity index (χ0) is 22.1. The predicted molar refractivity (Wildman–Crippen MR) is 97.8 cm³/mol.